The Kier molecular flexibility index (Phi) is 1.27. The van der Waals surface area contributed by atoms with Gasteiger partial charge in [-0.05, 0) is 0 Å². The molecule has 2 heterocycles. The Bertz CT molecular complexity index is 464. The fourth-order valence-corrected chi connectivity index (χ4v) is 1.03. The van der Waals surface area contributed by atoms with E-state index < -0.39 is 0 Å². The SMILES string of the molecule is Cn1c(C#N)nc2ncncc21. The molecule has 5 nitrogen and oxygen atoms in total. The van der Waals surface area contributed by atoms with E-state index in [1.807, 2.05) is 6.07 Å². The van der Waals surface area contributed by atoms with Crippen LogP contribution in [0.1, 0.15) is 5.82 Å². The molecule has 58 valence electrons. The highest BCUT2D eigenvalue weighted by Crippen LogP contribution is 2.08. The number of fused-ring (bicyclic) bond motifs is 1. The number of hydrogen-bond donors (Lipinski definition) is 0. The van der Waals surface area contributed by atoms with Gasteiger partial charge in [-0.15, -0.1) is 0 Å². The van der Waals surface area contributed by atoms with Crippen molar-refractivity contribution in [2.75, 3.05) is 0 Å². The van der Waals surface area contributed by atoms with E-state index in [2.05, 4.69) is 15.0 Å². The highest BCUT2D eigenvalue weighted by atomic mass is 15.1. The summed E-state index contributed by atoms with van der Waals surface area (Å²) in [5.74, 6) is 0.352. The van der Waals surface area contributed by atoms with Crippen molar-refractivity contribution >= 4 is 11.2 Å². The Morgan fingerprint density at radius 2 is 2.42 bits per heavy atom. The number of nitriles is 1. The number of aromatic nitrogens is 4. The summed E-state index contributed by atoms with van der Waals surface area (Å²) in [6.07, 6.45) is 3.05. The van der Waals surface area contributed by atoms with Crippen LogP contribution in [0.3, 0.4) is 0 Å². The van der Waals surface area contributed by atoms with Crippen molar-refractivity contribution < 1.29 is 0 Å². The van der Waals surface area contributed by atoms with Crippen LogP contribution >= 0.6 is 0 Å². The van der Waals surface area contributed by atoms with Gasteiger partial charge in [0, 0.05) is 7.05 Å². The molecular weight excluding hydrogens is 154 g/mol. The predicted octanol–water partition coefficient (Wildman–Crippen LogP) is 0.235. The van der Waals surface area contributed by atoms with Gasteiger partial charge in [0.05, 0.1) is 6.20 Å². The highest BCUT2D eigenvalue weighted by molar-refractivity contribution is 5.70. The third-order valence-corrected chi connectivity index (χ3v) is 1.66. The number of hydrogen-bond acceptors (Lipinski definition) is 4. The smallest absolute Gasteiger partial charge is 0.215 e. The van der Waals surface area contributed by atoms with Gasteiger partial charge in [0.15, 0.2) is 5.65 Å². The quantitative estimate of drug-likeness (QED) is 0.552. The van der Waals surface area contributed by atoms with Crippen molar-refractivity contribution in [2.24, 2.45) is 7.05 Å². The van der Waals surface area contributed by atoms with Gasteiger partial charge in [0.2, 0.25) is 5.82 Å². The molecule has 0 aliphatic rings. The van der Waals surface area contributed by atoms with Crippen molar-refractivity contribution in [1.82, 2.24) is 19.5 Å². The lowest BCUT2D eigenvalue weighted by Gasteiger charge is -1.90. The van der Waals surface area contributed by atoms with Crippen molar-refractivity contribution in [2.45, 2.75) is 0 Å². The third-order valence-electron chi connectivity index (χ3n) is 1.66. The average molecular weight is 159 g/mol. The second-order valence-corrected chi connectivity index (χ2v) is 2.34. The predicted molar refractivity (Wildman–Crippen MR) is 41.0 cm³/mol. The molecule has 2 aromatic heterocycles. The summed E-state index contributed by atoms with van der Waals surface area (Å²) in [7, 11) is 1.76. The van der Waals surface area contributed by atoms with Crippen molar-refractivity contribution in [3.05, 3.63) is 18.3 Å². The molecule has 5 heteroatoms. The summed E-state index contributed by atoms with van der Waals surface area (Å²) in [5.41, 5.74) is 1.33. The second-order valence-electron chi connectivity index (χ2n) is 2.34. The largest absolute Gasteiger partial charge is 0.316 e. The summed E-state index contributed by atoms with van der Waals surface area (Å²) in [5, 5.41) is 8.64. The van der Waals surface area contributed by atoms with Gasteiger partial charge in [0.1, 0.15) is 17.9 Å². The van der Waals surface area contributed by atoms with Gasteiger partial charge in [-0.25, -0.2) is 9.97 Å². The van der Waals surface area contributed by atoms with Gasteiger partial charge in [-0.3, -0.25) is 0 Å². The molecular formula is C7H5N5. The summed E-state index contributed by atoms with van der Waals surface area (Å²) in [4.78, 5) is 11.7. The van der Waals surface area contributed by atoms with E-state index in [0.29, 0.717) is 11.5 Å². The van der Waals surface area contributed by atoms with Crippen molar-refractivity contribution in [1.29, 1.82) is 5.26 Å². The van der Waals surface area contributed by atoms with Gasteiger partial charge >= 0.3 is 0 Å². The minimum Gasteiger partial charge on any atom is -0.316 e. The maximum absolute atomic E-state index is 8.64. The lowest BCUT2D eigenvalue weighted by Crippen LogP contribution is -1.91. The van der Waals surface area contributed by atoms with E-state index in [9.17, 15) is 0 Å². The lowest BCUT2D eigenvalue weighted by atomic mass is 10.5. The van der Waals surface area contributed by atoms with E-state index in [4.69, 9.17) is 5.26 Å². The maximum atomic E-state index is 8.64. The summed E-state index contributed by atoms with van der Waals surface area (Å²) < 4.78 is 1.66. The van der Waals surface area contributed by atoms with Crippen LogP contribution in [0.25, 0.3) is 11.2 Å². The zero-order valence-corrected chi connectivity index (χ0v) is 6.39. The molecule has 0 saturated heterocycles. The first-order valence-corrected chi connectivity index (χ1v) is 3.35. The van der Waals surface area contributed by atoms with Crippen LogP contribution in [0, 0.1) is 11.3 Å². The molecule has 0 amide bonds. The molecule has 0 saturated carbocycles. The summed E-state index contributed by atoms with van der Waals surface area (Å²) in [6.45, 7) is 0. The Morgan fingerprint density at radius 1 is 1.58 bits per heavy atom. The van der Waals surface area contributed by atoms with Crippen LogP contribution in [-0.4, -0.2) is 19.5 Å². The first kappa shape index (κ1) is 6.73. The molecule has 0 spiro atoms. The second kappa shape index (κ2) is 2.27. The molecule has 0 N–H and O–H groups in total. The van der Waals surface area contributed by atoms with E-state index in [1.165, 1.54) is 6.33 Å². The van der Waals surface area contributed by atoms with Gasteiger partial charge in [-0.2, -0.15) is 10.2 Å². The van der Waals surface area contributed by atoms with E-state index in [0.717, 1.165) is 5.52 Å². The maximum Gasteiger partial charge on any atom is 0.215 e. The molecule has 0 fully saturated rings. The van der Waals surface area contributed by atoms with E-state index in [1.54, 1.807) is 17.8 Å². The molecule has 0 unspecified atom stereocenters. The van der Waals surface area contributed by atoms with Gasteiger partial charge in [-0.1, -0.05) is 0 Å². The van der Waals surface area contributed by atoms with Crippen LogP contribution in [0.5, 0.6) is 0 Å². The first-order chi connectivity index (χ1) is 5.83. The standard InChI is InChI=1S/C7H5N5/c1-12-5-3-9-4-10-7(5)11-6(12)2-8/h3-4H,1H3. The Morgan fingerprint density at radius 3 is 3.08 bits per heavy atom. The lowest BCUT2D eigenvalue weighted by molar-refractivity contribution is 0.918. The van der Waals surface area contributed by atoms with Crippen LogP contribution in [-0.2, 0) is 7.05 Å². The highest BCUT2D eigenvalue weighted by Gasteiger charge is 2.06. The third kappa shape index (κ3) is 0.751. The zero-order chi connectivity index (χ0) is 8.55. The van der Waals surface area contributed by atoms with Crippen molar-refractivity contribution in [3.8, 4) is 6.07 Å². The Labute approximate surface area is 68.3 Å². The normalized spacial score (nSPS) is 10.0. The van der Waals surface area contributed by atoms with Gasteiger partial charge < -0.3 is 4.57 Å². The number of rotatable bonds is 0. The Balaban J connectivity index is 2.90. The van der Waals surface area contributed by atoms with E-state index >= 15 is 0 Å². The van der Waals surface area contributed by atoms with Crippen LogP contribution in [0.2, 0.25) is 0 Å². The van der Waals surface area contributed by atoms with Crippen molar-refractivity contribution in [3.63, 3.8) is 0 Å². The van der Waals surface area contributed by atoms with Gasteiger partial charge in [0.25, 0.3) is 0 Å². The van der Waals surface area contributed by atoms with Crippen LogP contribution < -0.4 is 0 Å². The number of aryl methyl sites for hydroxylation is 1. The van der Waals surface area contributed by atoms with E-state index in [-0.39, 0.29) is 0 Å². The first-order valence-electron chi connectivity index (χ1n) is 3.35. The summed E-state index contributed by atoms with van der Waals surface area (Å²) in [6, 6.07) is 1.97. The number of imidazole rings is 1. The molecule has 2 rings (SSSR count). The minimum absolute atomic E-state index is 0.352. The van der Waals surface area contributed by atoms with Crippen LogP contribution in [0.4, 0.5) is 0 Å². The average Bonchev–Trinajstić information content (AvgIpc) is 2.44. The molecule has 0 radical (unpaired) electrons. The molecule has 0 aliphatic heterocycles. The Hall–Kier alpha value is -1.96. The fraction of sp³-hybridized carbons (Fsp3) is 0.143. The monoisotopic (exact) mass is 159 g/mol. The fourth-order valence-electron chi connectivity index (χ4n) is 1.03. The topological polar surface area (TPSA) is 67.4 Å². The number of nitrogens with zero attached hydrogens (tertiary/aromatic N) is 5. The summed E-state index contributed by atoms with van der Waals surface area (Å²) >= 11 is 0. The zero-order valence-electron chi connectivity index (χ0n) is 6.39. The molecule has 0 aliphatic carbocycles. The molecule has 12 heavy (non-hydrogen) atoms. The molecule has 2 aromatic rings. The minimum atomic E-state index is 0.352. The van der Waals surface area contributed by atoms with Crippen LogP contribution in [0.15, 0.2) is 12.5 Å². The molecule has 0 bridgehead atoms. The molecule has 0 atom stereocenters. The molecule has 0 aromatic carbocycles.